The number of hydrogen-bond acceptors (Lipinski definition) is 3. The maximum Gasteiger partial charge on any atom is 0.0110 e. The van der Waals surface area contributed by atoms with Crippen molar-refractivity contribution in [3.05, 3.63) is 0 Å². The van der Waals surface area contributed by atoms with Crippen LogP contribution in [0, 0.1) is 0 Å². The number of nitrogens with one attached hydrogen (secondary N) is 2. The smallest absolute Gasteiger partial charge is 0.0110 e. The highest BCUT2D eigenvalue weighted by atomic mass is 15.2. The standard InChI is InChI=1S/C15H31N3/c1-14(18-12-10-16-11-13-18)8-9-17-15-6-4-2-3-5-7-15/h14-17H,2-13H2,1H3. The molecule has 1 saturated heterocycles. The van der Waals surface area contributed by atoms with Crippen molar-refractivity contribution in [2.45, 2.75) is 64.0 Å². The normalized spacial score (nSPS) is 25.8. The number of nitrogens with zero attached hydrogens (tertiary/aromatic N) is 1. The minimum atomic E-state index is 0.741. The second-order valence-electron chi connectivity index (χ2n) is 6.07. The van der Waals surface area contributed by atoms with E-state index in [1.165, 1.54) is 77.7 Å². The first-order valence-corrected chi connectivity index (χ1v) is 8.04. The number of rotatable bonds is 5. The van der Waals surface area contributed by atoms with Crippen molar-refractivity contribution in [3.63, 3.8) is 0 Å². The summed E-state index contributed by atoms with van der Waals surface area (Å²) in [5, 5.41) is 7.22. The molecule has 2 rings (SSSR count). The summed E-state index contributed by atoms with van der Waals surface area (Å²) in [5.41, 5.74) is 0. The molecule has 0 aromatic rings. The SMILES string of the molecule is CC(CCNC1CCCCCC1)N1CCNCC1. The molecule has 0 amide bonds. The average molecular weight is 253 g/mol. The molecule has 106 valence electrons. The molecule has 1 saturated carbocycles. The van der Waals surface area contributed by atoms with Gasteiger partial charge in [0, 0.05) is 38.3 Å². The zero-order chi connectivity index (χ0) is 12.6. The lowest BCUT2D eigenvalue weighted by atomic mass is 10.1. The Morgan fingerprint density at radius 1 is 1.11 bits per heavy atom. The lowest BCUT2D eigenvalue weighted by Crippen LogP contribution is -2.48. The van der Waals surface area contributed by atoms with Crippen molar-refractivity contribution in [2.75, 3.05) is 32.7 Å². The molecule has 2 aliphatic rings. The summed E-state index contributed by atoms with van der Waals surface area (Å²) >= 11 is 0. The molecule has 1 heterocycles. The zero-order valence-corrected chi connectivity index (χ0v) is 12.1. The average Bonchev–Trinajstić information content (AvgIpc) is 2.68. The Bertz CT molecular complexity index is 206. The molecule has 2 N–H and O–H groups in total. The van der Waals surface area contributed by atoms with Gasteiger partial charge in [-0.25, -0.2) is 0 Å². The molecule has 0 spiro atoms. The molecule has 3 heteroatoms. The fourth-order valence-corrected chi connectivity index (χ4v) is 3.29. The Hall–Kier alpha value is -0.120. The van der Waals surface area contributed by atoms with Gasteiger partial charge in [0.25, 0.3) is 0 Å². The van der Waals surface area contributed by atoms with E-state index < -0.39 is 0 Å². The van der Waals surface area contributed by atoms with Crippen LogP contribution < -0.4 is 10.6 Å². The van der Waals surface area contributed by atoms with Crippen molar-refractivity contribution in [2.24, 2.45) is 0 Å². The third-order valence-corrected chi connectivity index (χ3v) is 4.63. The predicted octanol–water partition coefficient (Wildman–Crippen LogP) is 1.98. The fraction of sp³-hybridized carbons (Fsp3) is 1.00. The summed E-state index contributed by atoms with van der Waals surface area (Å²) in [6.07, 6.45) is 9.89. The summed E-state index contributed by atoms with van der Waals surface area (Å²) in [4.78, 5) is 2.63. The zero-order valence-electron chi connectivity index (χ0n) is 12.1. The Labute approximate surface area is 113 Å². The Balaban J connectivity index is 1.58. The van der Waals surface area contributed by atoms with E-state index in [0.717, 1.165) is 12.1 Å². The van der Waals surface area contributed by atoms with Gasteiger partial charge in [-0.3, -0.25) is 4.90 Å². The van der Waals surface area contributed by atoms with Gasteiger partial charge in [0.15, 0.2) is 0 Å². The van der Waals surface area contributed by atoms with Crippen molar-refractivity contribution in [1.82, 2.24) is 15.5 Å². The number of piperazine rings is 1. The maximum atomic E-state index is 3.79. The first-order valence-electron chi connectivity index (χ1n) is 8.04. The Morgan fingerprint density at radius 3 is 2.44 bits per heavy atom. The van der Waals surface area contributed by atoms with Crippen LogP contribution in [0.4, 0.5) is 0 Å². The minimum absolute atomic E-state index is 0.741. The first kappa shape index (κ1) is 14.3. The highest BCUT2D eigenvalue weighted by Gasteiger charge is 2.17. The summed E-state index contributed by atoms with van der Waals surface area (Å²) < 4.78 is 0. The van der Waals surface area contributed by atoms with Gasteiger partial charge in [0.05, 0.1) is 0 Å². The van der Waals surface area contributed by atoms with E-state index in [2.05, 4.69) is 22.5 Å². The molecule has 3 nitrogen and oxygen atoms in total. The van der Waals surface area contributed by atoms with Crippen LogP contribution in [0.15, 0.2) is 0 Å². The van der Waals surface area contributed by atoms with Crippen LogP contribution in [0.25, 0.3) is 0 Å². The summed E-state index contributed by atoms with van der Waals surface area (Å²) in [6, 6.07) is 1.55. The molecule has 1 aliphatic carbocycles. The van der Waals surface area contributed by atoms with Gasteiger partial charge in [-0.2, -0.15) is 0 Å². The van der Waals surface area contributed by atoms with Gasteiger partial charge in [-0.05, 0) is 32.7 Å². The van der Waals surface area contributed by atoms with Crippen molar-refractivity contribution < 1.29 is 0 Å². The molecular formula is C15H31N3. The van der Waals surface area contributed by atoms with Crippen LogP contribution in [0.1, 0.15) is 51.9 Å². The third-order valence-electron chi connectivity index (χ3n) is 4.63. The monoisotopic (exact) mass is 253 g/mol. The van der Waals surface area contributed by atoms with Crippen LogP contribution in [-0.2, 0) is 0 Å². The second kappa shape index (κ2) is 8.13. The molecule has 0 radical (unpaired) electrons. The number of hydrogen-bond donors (Lipinski definition) is 2. The Kier molecular flexibility index (Phi) is 6.46. The largest absolute Gasteiger partial charge is 0.314 e. The van der Waals surface area contributed by atoms with Crippen LogP contribution in [0.2, 0.25) is 0 Å². The van der Waals surface area contributed by atoms with Gasteiger partial charge >= 0.3 is 0 Å². The summed E-state index contributed by atoms with van der Waals surface area (Å²) in [7, 11) is 0. The summed E-state index contributed by atoms with van der Waals surface area (Å²) in [6.45, 7) is 8.38. The molecule has 2 fully saturated rings. The molecule has 18 heavy (non-hydrogen) atoms. The van der Waals surface area contributed by atoms with Gasteiger partial charge in [0.2, 0.25) is 0 Å². The third kappa shape index (κ3) is 4.87. The molecule has 0 aromatic heterocycles. The fourth-order valence-electron chi connectivity index (χ4n) is 3.29. The molecular weight excluding hydrogens is 222 g/mol. The van der Waals surface area contributed by atoms with Gasteiger partial charge in [-0.1, -0.05) is 25.7 Å². The second-order valence-corrected chi connectivity index (χ2v) is 6.07. The van der Waals surface area contributed by atoms with Crippen LogP contribution in [-0.4, -0.2) is 49.7 Å². The lowest BCUT2D eigenvalue weighted by molar-refractivity contribution is 0.175. The van der Waals surface area contributed by atoms with Gasteiger partial charge in [0.1, 0.15) is 0 Å². The van der Waals surface area contributed by atoms with Gasteiger partial charge < -0.3 is 10.6 Å². The van der Waals surface area contributed by atoms with Crippen molar-refractivity contribution in [3.8, 4) is 0 Å². The highest BCUT2D eigenvalue weighted by Crippen LogP contribution is 2.17. The lowest BCUT2D eigenvalue weighted by Gasteiger charge is -2.33. The minimum Gasteiger partial charge on any atom is -0.314 e. The van der Waals surface area contributed by atoms with E-state index in [1.54, 1.807) is 0 Å². The van der Waals surface area contributed by atoms with E-state index in [4.69, 9.17) is 0 Å². The quantitative estimate of drug-likeness (QED) is 0.734. The van der Waals surface area contributed by atoms with Crippen LogP contribution >= 0.6 is 0 Å². The molecule has 0 bridgehead atoms. The topological polar surface area (TPSA) is 27.3 Å². The first-order chi connectivity index (χ1) is 8.86. The van der Waals surface area contributed by atoms with E-state index in [-0.39, 0.29) is 0 Å². The van der Waals surface area contributed by atoms with E-state index in [9.17, 15) is 0 Å². The van der Waals surface area contributed by atoms with Crippen molar-refractivity contribution in [1.29, 1.82) is 0 Å². The maximum absolute atomic E-state index is 3.79. The van der Waals surface area contributed by atoms with E-state index in [1.807, 2.05) is 0 Å². The summed E-state index contributed by atoms with van der Waals surface area (Å²) in [5.74, 6) is 0. The predicted molar refractivity (Wildman–Crippen MR) is 78.0 cm³/mol. The molecule has 1 unspecified atom stereocenters. The van der Waals surface area contributed by atoms with Gasteiger partial charge in [-0.15, -0.1) is 0 Å². The van der Waals surface area contributed by atoms with E-state index >= 15 is 0 Å². The Morgan fingerprint density at radius 2 is 1.78 bits per heavy atom. The molecule has 0 aromatic carbocycles. The molecule has 1 atom stereocenters. The van der Waals surface area contributed by atoms with Crippen LogP contribution in [0.3, 0.4) is 0 Å². The van der Waals surface area contributed by atoms with Crippen molar-refractivity contribution >= 4 is 0 Å². The van der Waals surface area contributed by atoms with Crippen LogP contribution in [0.5, 0.6) is 0 Å². The van der Waals surface area contributed by atoms with E-state index in [0.29, 0.717) is 0 Å². The molecule has 1 aliphatic heterocycles. The highest BCUT2D eigenvalue weighted by molar-refractivity contribution is 4.76.